The van der Waals surface area contributed by atoms with Crippen LogP contribution in [0, 0.1) is 0 Å². The van der Waals surface area contributed by atoms with E-state index < -0.39 is 0 Å². The second-order valence-electron chi connectivity index (χ2n) is 7.31. The average Bonchev–Trinajstić information content (AvgIpc) is 3.26. The lowest BCUT2D eigenvalue weighted by Gasteiger charge is -2.10. The van der Waals surface area contributed by atoms with Crippen molar-refractivity contribution in [2.75, 3.05) is 0 Å². The lowest BCUT2D eigenvalue weighted by molar-refractivity contribution is -0.118. The van der Waals surface area contributed by atoms with Crippen LogP contribution in [-0.2, 0) is 30.7 Å². The van der Waals surface area contributed by atoms with Gasteiger partial charge in [-0.05, 0) is 44.2 Å². The van der Waals surface area contributed by atoms with Crippen molar-refractivity contribution in [3.05, 3.63) is 51.6 Å². The molecule has 5 nitrogen and oxygen atoms in total. The van der Waals surface area contributed by atoms with E-state index in [0.717, 1.165) is 18.5 Å². The highest BCUT2D eigenvalue weighted by Crippen LogP contribution is 2.30. The van der Waals surface area contributed by atoms with Gasteiger partial charge in [-0.15, -0.1) is 11.3 Å². The van der Waals surface area contributed by atoms with Crippen molar-refractivity contribution in [3.8, 4) is 0 Å². The molecule has 2 aromatic heterocycles. The fraction of sp³-hybridized carbons (Fsp3) is 0.429. The molecule has 1 amide bonds. The van der Waals surface area contributed by atoms with Crippen molar-refractivity contribution >= 4 is 28.1 Å². The van der Waals surface area contributed by atoms with Crippen LogP contribution in [0.25, 0.3) is 10.9 Å². The smallest absolute Gasteiger partial charge is 0.219 e. The minimum atomic E-state index is -0.270. The number of rotatable bonds is 7. The predicted molar refractivity (Wildman–Crippen MR) is 110 cm³/mol. The molecule has 0 spiro atoms. The van der Waals surface area contributed by atoms with Gasteiger partial charge >= 0.3 is 0 Å². The summed E-state index contributed by atoms with van der Waals surface area (Å²) in [4.78, 5) is 17.5. The van der Waals surface area contributed by atoms with Crippen molar-refractivity contribution < 1.29 is 4.79 Å². The molecule has 0 radical (unpaired) electrons. The van der Waals surface area contributed by atoms with Crippen molar-refractivity contribution in [1.82, 2.24) is 14.9 Å². The fourth-order valence-electron chi connectivity index (χ4n) is 3.79. The summed E-state index contributed by atoms with van der Waals surface area (Å²) in [5.74, 6) is -0.270. The monoisotopic (exact) mass is 382 g/mol. The lowest BCUT2D eigenvalue weighted by atomic mass is 10.0. The molecule has 3 aromatic rings. The van der Waals surface area contributed by atoms with E-state index in [1.54, 1.807) is 0 Å². The van der Waals surface area contributed by atoms with Crippen molar-refractivity contribution in [2.45, 2.75) is 58.2 Å². The molecule has 27 heavy (non-hydrogen) atoms. The van der Waals surface area contributed by atoms with Crippen LogP contribution in [0.15, 0.2) is 30.5 Å². The number of hydrogen-bond donors (Lipinski definition) is 2. The first-order chi connectivity index (χ1) is 13.1. The number of aromatic nitrogens is 2. The molecule has 1 aliphatic carbocycles. The van der Waals surface area contributed by atoms with Crippen LogP contribution in [0.5, 0.6) is 0 Å². The number of benzene rings is 1. The Morgan fingerprint density at radius 2 is 2.15 bits per heavy atom. The Labute approximate surface area is 163 Å². The number of carbonyl (C=O) groups excluding carboxylic acids is 1. The van der Waals surface area contributed by atoms with Gasteiger partial charge in [0.15, 0.2) is 0 Å². The molecule has 1 aliphatic rings. The summed E-state index contributed by atoms with van der Waals surface area (Å²) in [6.45, 7) is 3.58. The lowest BCUT2D eigenvalue weighted by Crippen LogP contribution is -2.18. The minimum Gasteiger partial charge on any atom is -0.370 e. The molecule has 0 saturated heterocycles. The van der Waals surface area contributed by atoms with Gasteiger partial charge in [0.05, 0.1) is 11.7 Å². The number of nitrogens with one attached hydrogen (secondary N) is 1. The summed E-state index contributed by atoms with van der Waals surface area (Å²) < 4.78 is 2.13. The zero-order valence-corrected chi connectivity index (χ0v) is 16.5. The number of amides is 1. The summed E-state index contributed by atoms with van der Waals surface area (Å²) in [7, 11) is 0. The summed E-state index contributed by atoms with van der Waals surface area (Å²) in [5, 5.41) is 6.05. The molecule has 2 heterocycles. The number of primary amides is 1. The van der Waals surface area contributed by atoms with Gasteiger partial charge in [0.2, 0.25) is 5.91 Å². The van der Waals surface area contributed by atoms with Gasteiger partial charge < -0.3 is 15.6 Å². The maximum Gasteiger partial charge on any atom is 0.219 e. The van der Waals surface area contributed by atoms with Crippen LogP contribution in [0.3, 0.4) is 0 Å². The van der Waals surface area contributed by atoms with E-state index in [1.807, 2.05) is 17.4 Å². The minimum absolute atomic E-state index is 0.230. The van der Waals surface area contributed by atoms with Gasteiger partial charge in [0, 0.05) is 41.5 Å². The van der Waals surface area contributed by atoms with E-state index in [2.05, 4.69) is 41.2 Å². The Balaban J connectivity index is 1.49. The quantitative estimate of drug-likeness (QED) is 0.654. The average molecular weight is 383 g/mol. The Morgan fingerprint density at radius 1 is 1.33 bits per heavy atom. The molecule has 142 valence electrons. The molecule has 4 rings (SSSR count). The SMILES string of the molecule is CC(NCc1cn(CCC(N)=O)c2ccccc12)c1nc2c(s1)CCCC2. The van der Waals surface area contributed by atoms with E-state index in [1.165, 1.54) is 45.8 Å². The second-order valence-corrected chi connectivity index (χ2v) is 8.43. The highest BCUT2D eigenvalue weighted by atomic mass is 32.1. The molecule has 1 atom stereocenters. The van der Waals surface area contributed by atoms with Gasteiger partial charge in [-0.3, -0.25) is 4.79 Å². The van der Waals surface area contributed by atoms with Crippen LogP contribution in [0.2, 0.25) is 0 Å². The Bertz CT molecular complexity index is 935. The van der Waals surface area contributed by atoms with Crippen LogP contribution in [0.1, 0.15) is 53.4 Å². The van der Waals surface area contributed by atoms with Gasteiger partial charge in [0.1, 0.15) is 5.01 Å². The van der Waals surface area contributed by atoms with Crippen molar-refractivity contribution in [2.24, 2.45) is 5.73 Å². The van der Waals surface area contributed by atoms with Crippen LogP contribution in [-0.4, -0.2) is 15.5 Å². The van der Waals surface area contributed by atoms with Gasteiger partial charge in [0.25, 0.3) is 0 Å². The number of nitrogens with two attached hydrogens (primary N) is 1. The van der Waals surface area contributed by atoms with Crippen LogP contribution < -0.4 is 11.1 Å². The van der Waals surface area contributed by atoms with Crippen LogP contribution in [0.4, 0.5) is 0 Å². The van der Waals surface area contributed by atoms with Crippen molar-refractivity contribution in [1.29, 1.82) is 0 Å². The highest BCUT2D eigenvalue weighted by Gasteiger charge is 2.18. The van der Waals surface area contributed by atoms with E-state index in [-0.39, 0.29) is 11.9 Å². The summed E-state index contributed by atoms with van der Waals surface area (Å²) in [6.07, 6.45) is 7.37. The first-order valence-electron chi connectivity index (χ1n) is 9.68. The number of aryl methyl sites for hydroxylation is 3. The molecule has 0 saturated carbocycles. The Kier molecular flexibility index (Phi) is 5.27. The Hall–Kier alpha value is -2.18. The molecular weight excluding hydrogens is 356 g/mol. The summed E-state index contributed by atoms with van der Waals surface area (Å²) >= 11 is 1.87. The molecular formula is C21H26N4OS. The van der Waals surface area contributed by atoms with E-state index in [0.29, 0.717) is 13.0 Å². The number of para-hydroxylation sites is 1. The molecule has 1 unspecified atom stereocenters. The van der Waals surface area contributed by atoms with Gasteiger partial charge in [-0.25, -0.2) is 4.98 Å². The summed E-state index contributed by atoms with van der Waals surface area (Å²) in [5.41, 5.74) is 9.03. The standard InChI is InChI=1S/C21H26N4OS/c1-14(21-24-17-7-3-5-9-19(17)27-21)23-12-15-13-25(11-10-20(22)26)18-8-4-2-6-16(15)18/h2,4,6,8,13-14,23H,3,5,7,9-12H2,1H3,(H2,22,26). The normalized spacial score (nSPS) is 15.0. The van der Waals surface area contributed by atoms with Gasteiger partial charge in [-0.1, -0.05) is 18.2 Å². The van der Waals surface area contributed by atoms with E-state index >= 15 is 0 Å². The highest BCUT2D eigenvalue weighted by molar-refractivity contribution is 7.11. The number of carbonyl (C=O) groups is 1. The maximum atomic E-state index is 11.2. The maximum absolute atomic E-state index is 11.2. The Morgan fingerprint density at radius 3 is 2.96 bits per heavy atom. The first-order valence-corrected chi connectivity index (χ1v) is 10.5. The van der Waals surface area contributed by atoms with E-state index in [4.69, 9.17) is 10.7 Å². The summed E-state index contributed by atoms with van der Waals surface area (Å²) in [6, 6.07) is 8.55. The third-order valence-corrected chi connectivity index (χ3v) is 6.64. The topological polar surface area (TPSA) is 72.9 Å². The molecule has 1 aromatic carbocycles. The third-order valence-electron chi connectivity index (χ3n) is 5.30. The zero-order chi connectivity index (χ0) is 18.8. The number of nitrogens with zero attached hydrogens (tertiary/aromatic N) is 2. The number of thiazole rings is 1. The largest absolute Gasteiger partial charge is 0.370 e. The zero-order valence-electron chi connectivity index (χ0n) is 15.7. The van der Waals surface area contributed by atoms with E-state index in [9.17, 15) is 4.79 Å². The first kappa shape index (κ1) is 18.2. The third kappa shape index (κ3) is 3.92. The van der Waals surface area contributed by atoms with Crippen molar-refractivity contribution in [3.63, 3.8) is 0 Å². The molecule has 0 bridgehead atoms. The molecule has 0 aliphatic heterocycles. The van der Waals surface area contributed by atoms with Gasteiger partial charge in [-0.2, -0.15) is 0 Å². The fourth-order valence-corrected chi connectivity index (χ4v) is 4.97. The predicted octanol–water partition coefficient (Wildman–Crippen LogP) is 3.70. The molecule has 3 N–H and O–H groups in total. The molecule has 6 heteroatoms. The number of fused-ring (bicyclic) bond motifs is 2. The molecule has 0 fully saturated rings. The second kappa shape index (κ2) is 7.82. The number of hydrogen-bond acceptors (Lipinski definition) is 4. The van der Waals surface area contributed by atoms with Crippen LogP contribution >= 0.6 is 11.3 Å².